The van der Waals surface area contributed by atoms with Gasteiger partial charge in [-0.15, -0.1) is 11.3 Å². The number of thiophene rings is 1. The number of nitrogens with zero attached hydrogens (tertiary/aromatic N) is 1. The molecule has 0 bridgehead atoms. The van der Waals surface area contributed by atoms with Gasteiger partial charge in [0.05, 0.1) is 22.6 Å². The Balaban J connectivity index is 1.64. The summed E-state index contributed by atoms with van der Waals surface area (Å²) in [4.78, 5) is 5.61. The molecule has 0 aliphatic rings. The van der Waals surface area contributed by atoms with Gasteiger partial charge >= 0.3 is 0 Å². The molecule has 25 heavy (non-hydrogen) atoms. The van der Waals surface area contributed by atoms with Crippen LogP contribution in [0.4, 0.5) is 0 Å². The smallest absolute Gasteiger partial charge is 0.240 e. The van der Waals surface area contributed by atoms with Crippen LogP contribution >= 0.6 is 11.3 Å². The van der Waals surface area contributed by atoms with E-state index in [-0.39, 0.29) is 11.4 Å². The van der Waals surface area contributed by atoms with E-state index in [0.29, 0.717) is 23.8 Å². The van der Waals surface area contributed by atoms with Crippen molar-refractivity contribution in [3.05, 3.63) is 53.2 Å². The molecule has 6 nitrogen and oxygen atoms in total. The first kappa shape index (κ1) is 17.7. The van der Waals surface area contributed by atoms with Gasteiger partial charge in [0.15, 0.2) is 0 Å². The maximum Gasteiger partial charge on any atom is 0.240 e. The van der Waals surface area contributed by atoms with Crippen molar-refractivity contribution in [3.8, 4) is 16.5 Å². The van der Waals surface area contributed by atoms with Crippen LogP contribution in [0.1, 0.15) is 11.5 Å². The Bertz CT molecular complexity index is 930. The molecule has 2 heterocycles. The fourth-order valence-corrected chi connectivity index (χ4v) is 3.99. The standard InChI is InChI=1S/C17H18N2O4S2/c1-12-15(19-17(23-12)16-4-3-11-24-16)9-10-18-25(20,21)14-7-5-13(22-2)6-8-14/h3-8,11,18H,9-10H2,1-2H3. The summed E-state index contributed by atoms with van der Waals surface area (Å²) in [6.45, 7) is 2.07. The summed E-state index contributed by atoms with van der Waals surface area (Å²) in [6, 6.07) is 10.1. The van der Waals surface area contributed by atoms with Crippen LogP contribution in [0, 0.1) is 6.92 Å². The molecule has 0 spiro atoms. The molecule has 132 valence electrons. The Morgan fingerprint density at radius 3 is 2.64 bits per heavy atom. The Morgan fingerprint density at radius 2 is 2.00 bits per heavy atom. The van der Waals surface area contributed by atoms with E-state index in [1.165, 1.54) is 19.2 Å². The van der Waals surface area contributed by atoms with Crippen LogP contribution in [0.3, 0.4) is 0 Å². The van der Waals surface area contributed by atoms with Crippen LogP contribution in [-0.4, -0.2) is 27.1 Å². The molecule has 0 fully saturated rings. The van der Waals surface area contributed by atoms with Crippen LogP contribution in [0.5, 0.6) is 5.75 Å². The number of hydrogen-bond acceptors (Lipinski definition) is 6. The lowest BCUT2D eigenvalue weighted by atomic mass is 10.3. The molecule has 0 atom stereocenters. The number of benzene rings is 1. The van der Waals surface area contributed by atoms with E-state index in [2.05, 4.69) is 9.71 Å². The summed E-state index contributed by atoms with van der Waals surface area (Å²) in [5.74, 6) is 1.88. The first-order valence-electron chi connectivity index (χ1n) is 7.63. The predicted octanol–water partition coefficient (Wildman–Crippen LogP) is 3.24. The number of methoxy groups -OCH3 is 1. The lowest BCUT2D eigenvalue weighted by Gasteiger charge is -2.07. The van der Waals surface area contributed by atoms with Crippen molar-refractivity contribution in [1.29, 1.82) is 0 Å². The van der Waals surface area contributed by atoms with E-state index < -0.39 is 10.0 Å². The number of aromatic nitrogens is 1. The van der Waals surface area contributed by atoms with E-state index >= 15 is 0 Å². The maximum absolute atomic E-state index is 12.3. The molecular formula is C17H18N2O4S2. The van der Waals surface area contributed by atoms with Crippen molar-refractivity contribution in [2.24, 2.45) is 0 Å². The van der Waals surface area contributed by atoms with E-state index in [1.54, 1.807) is 23.5 Å². The average molecular weight is 378 g/mol. The fourth-order valence-electron chi connectivity index (χ4n) is 2.31. The third-order valence-electron chi connectivity index (χ3n) is 3.65. The summed E-state index contributed by atoms with van der Waals surface area (Å²) in [6.07, 6.45) is 0.454. The Morgan fingerprint density at radius 1 is 1.24 bits per heavy atom. The third kappa shape index (κ3) is 4.09. The van der Waals surface area contributed by atoms with Gasteiger partial charge in [-0.25, -0.2) is 18.1 Å². The van der Waals surface area contributed by atoms with Gasteiger partial charge in [0.25, 0.3) is 0 Å². The van der Waals surface area contributed by atoms with Crippen molar-refractivity contribution in [3.63, 3.8) is 0 Å². The molecule has 0 radical (unpaired) electrons. The zero-order valence-electron chi connectivity index (χ0n) is 13.9. The van der Waals surface area contributed by atoms with Crippen LogP contribution in [-0.2, 0) is 16.4 Å². The molecule has 1 N–H and O–H groups in total. The summed E-state index contributed by atoms with van der Waals surface area (Å²) < 4.78 is 37.9. The Hall–Kier alpha value is -2.16. The SMILES string of the molecule is COc1ccc(S(=O)(=O)NCCc2nc(-c3cccs3)oc2C)cc1. The summed E-state index contributed by atoms with van der Waals surface area (Å²) >= 11 is 1.55. The highest BCUT2D eigenvalue weighted by atomic mass is 32.2. The van der Waals surface area contributed by atoms with E-state index in [0.717, 1.165) is 10.6 Å². The first-order chi connectivity index (χ1) is 12.0. The average Bonchev–Trinajstić information content (AvgIpc) is 3.25. The highest BCUT2D eigenvalue weighted by molar-refractivity contribution is 7.89. The first-order valence-corrected chi connectivity index (χ1v) is 10.00. The maximum atomic E-state index is 12.3. The van der Waals surface area contributed by atoms with Crippen LogP contribution in [0.15, 0.2) is 51.1 Å². The molecule has 0 aliphatic heterocycles. The summed E-state index contributed by atoms with van der Waals surface area (Å²) in [5, 5.41) is 1.96. The zero-order valence-corrected chi connectivity index (χ0v) is 15.5. The third-order valence-corrected chi connectivity index (χ3v) is 5.98. The molecule has 0 aliphatic carbocycles. The monoisotopic (exact) mass is 378 g/mol. The molecular weight excluding hydrogens is 360 g/mol. The van der Waals surface area contributed by atoms with Gasteiger partial charge in [-0.2, -0.15) is 0 Å². The Kier molecular flexibility index (Phi) is 5.22. The van der Waals surface area contributed by atoms with E-state index in [1.807, 2.05) is 24.4 Å². The second-order valence-electron chi connectivity index (χ2n) is 5.32. The number of hydrogen-bond donors (Lipinski definition) is 1. The Labute approximate surface area is 150 Å². The lowest BCUT2D eigenvalue weighted by Crippen LogP contribution is -2.26. The molecule has 1 aromatic carbocycles. The van der Waals surface area contributed by atoms with Crippen molar-refractivity contribution in [1.82, 2.24) is 9.71 Å². The number of sulfonamides is 1. The van der Waals surface area contributed by atoms with Crippen molar-refractivity contribution >= 4 is 21.4 Å². The van der Waals surface area contributed by atoms with Gasteiger partial charge in [-0.3, -0.25) is 0 Å². The minimum Gasteiger partial charge on any atom is -0.497 e. The minimum atomic E-state index is -3.57. The van der Waals surface area contributed by atoms with Crippen molar-refractivity contribution in [2.45, 2.75) is 18.2 Å². The minimum absolute atomic E-state index is 0.199. The van der Waals surface area contributed by atoms with Gasteiger partial charge in [0.1, 0.15) is 11.5 Å². The molecule has 0 saturated carbocycles. The molecule has 0 amide bonds. The highest BCUT2D eigenvalue weighted by Gasteiger charge is 2.16. The second-order valence-corrected chi connectivity index (χ2v) is 8.04. The quantitative estimate of drug-likeness (QED) is 0.682. The summed E-state index contributed by atoms with van der Waals surface area (Å²) in [7, 11) is -2.03. The second kappa shape index (κ2) is 7.38. The van der Waals surface area contributed by atoms with Gasteiger partial charge in [0.2, 0.25) is 15.9 Å². The largest absolute Gasteiger partial charge is 0.497 e. The molecule has 3 aromatic rings. The summed E-state index contributed by atoms with van der Waals surface area (Å²) in [5.41, 5.74) is 0.751. The van der Waals surface area contributed by atoms with Crippen molar-refractivity contribution < 1.29 is 17.6 Å². The van der Waals surface area contributed by atoms with Crippen LogP contribution in [0.2, 0.25) is 0 Å². The van der Waals surface area contributed by atoms with Gasteiger partial charge in [0, 0.05) is 13.0 Å². The zero-order chi connectivity index (χ0) is 17.9. The number of rotatable bonds is 7. The number of ether oxygens (including phenoxy) is 1. The van der Waals surface area contributed by atoms with Gasteiger partial charge in [-0.1, -0.05) is 6.07 Å². The lowest BCUT2D eigenvalue weighted by molar-refractivity contribution is 0.414. The van der Waals surface area contributed by atoms with E-state index in [4.69, 9.17) is 9.15 Å². The number of aryl methyl sites for hydroxylation is 1. The molecule has 8 heteroatoms. The molecule has 3 rings (SSSR count). The van der Waals surface area contributed by atoms with Crippen molar-refractivity contribution in [2.75, 3.05) is 13.7 Å². The van der Waals surface area contributed by atoms with Gasteiger partial charge in [-0.05, 0) is 42.6 Å². The highest BCUT2D eigenvalue weighted by Crippen LogP contribution is 2.26. The molecule has 0 saturated heterocycles. The topological polar surface area (TPSA) is 81.4 Å². The predicted molar refractivity (Wildman–Crippen MR) is 96.4 cm³/mol. The fraction of sp³-hybridized carbons (Fsp3) is 0.235. The molecule has 0 unspecified atom stereocenters. The normalized spacial score (nSPS) is 11.6. The number of oxazole rings is 1. The van der Waals surface area contributed by atoms with Crippen LogP contribution < -0.4 is 9.46 Å². The van der Waals surface area contributed by atoms with Crippen LogP contribution in [0.25, 0.3) is 10.8 Å². The van der Waals surface area contributed by atoms with E-state index in [9.17, 15) is 8.42 Å². The molecule has 2 aromatic heterocycles. The van der Waals surface area contributed by atoms with Gasteiger partial charge < -0.3 is 9.15 Å². The number of nitrogens with one attached hydrogen (secondary N) is 1.